The largest absolute Gasteiger partial charge is 0.393 e. The smallest absolute Gasteiger partial charge is 0.0537 e. The van der Waals surface area contributed by atoms with Crippen LogP contribution in [0.2, 0.25) is 0 Å². The Morgan fingerprint density at radius 1 is 1.64 bits per heavy atom. The Balaban J connectivity index is 2.28. The van der Waals surface area contributed by atoms with Crippen molar-refractivity contribution in [1.29, 1.82) is 0 Å². The van der Waals surface area contributed by atoms with Gasteiger partial charge in [0.1, 0.15) is 0 Å². The fourth-order valence-corrected chi connectivity index (χ4v) is 1.25. The van der Waals surface area contributed by atoms with Gasteiger partial charge in [0, 0.05) is 24.8 Å². The second-order valence-electron chi connectivity index (χ2n) is 3.69. The van der Waals surface area contributed by atoms with Crippen molar-refractivity contribution in [2.45, 2.75) is 32.9 Å². The molecule has 2 N–H and O–H groups in total. The lowest BCUT2D eigenvalue weighted by Crippen LogP contribution is -2.18. The van der Waals surface area contributed by atoms with Gasteiger partial charge < -0.3 is 10.4 Å². The van der Waals surface area contributed by atoms with Gasteiger partial charge in [-0.05, 0) is 26.8 Å². The summed E-state index contributed by atoms with van der Waals surface area (Å²) in [7, 11) is 1.94. The van der Waals surface area contributed by atoms with Crippen molar-refractivity contribution in [3.8, 4) is 0 Å². The molecule has 0 unspecified atom stereocenters. The monoisotopic (exact) mass is 197 g/mol. The van der Waals surface area contributed by atoms with Crippen LogP contribution in [0.3, 0.4) is 0 Å². The fraction of sp³-hybridized carbons (Fsp3) is 0.700. The normalized spacial score (nSPS) is 13.1. The molecule has 1 heterocycles. The fourth-order valence-electron chi connectivity index (χ4n) is 1.25. The maximum atomic E-state index is 9.05. The Bertz CT molecular complexity index is 281. The van der Waals surface area contributed by atoms with Gasteiger partial charge in [0.2, 0.25) is 0 Å². The van der Waals surface area contributed by atoms with Gasteiger partial charge >= 0.3 is 0 Å². The quantitative estimate of drug-likeness (QED) is 0.679. The van der Waals surface area contributed by atoms with Gasteiger partial charge in [-0.15, -0.1) is 0 Å². The molecule has 1 aromatic heterocycles. The first-order valence-electron chi connectivity index (χ1n) is 4.97. The van der Waals surface area contributed by atoms with E-state index < -0.39 is 0 Å². The molecule has 1 atom stereocenters. The minimum absolute atomic E-state index is 0.225. The van der Waals surface area contributed by atoms with Gasteiger partial charge in [-0.25, -0.2) is 0 Å². The maximum Gasteiger partial charge on any atom is 0.0537 e. The molecule has 14 heavy (non-hydrogen) atoms. The van der Waals surface area contributed by atoms with E-state index in [4.69, 9.17) is 5.11 Å². The van der Waals surface area contributed by atoms with Crippen molar-refractivity contribution in [1.82, 2.24) is 15.1 Å². The topological polar surface area (TPSA) is 50.1 Å². The number of hydrogen-bond donors (Lipinski definition) is 2. The summed E-state index contributed by atoms with van der Waals surface area (Å²) in [6, 6.07) is 0. The molecule has 0 fully saturated rings. The number of aliphatic hydroxyl groups is 1. The van der Waals surface area contributed by atoms with Crippen LogP contribution in [0.1, 0.15) is 24.6 Å². The van der Waals surface area contributed by atoms with Crippen LogP contribution >= 0.6 is 0 Å². The van der Waals surface area contributed by atoms with Crippen molar-refractivity contribution in [2.75, 3.05) is 6.54 Å². The molecule has 0 aromatic carbocycles. The van der Waals surface area contributed by atoms with Crippen LogP contribution in [0.25, 0.3) is 0 Å². The highest BCUT2D eigenvalue weighted by molar-refractivity contribution is 5.15. The molecule has 80 valence electrons. The Kier molecular flexibility index (Phi) is 4.10. The number of aromatic nitrogens is 2. The number of nitrogens with one attached hydrogen (secondary N) is 1. The van der Waals surface area contributed by atoms with E-state index in [1.165, 1.54) is 11.3 Å². The Morgan fingerprint density at radius 3 is 2.86 bits per heavy atom. The van der Waals surface area contributed by atoms with Crippen molar-refractivity contribution in [3.05, 3.63) is 17.5 Å². The summed E-state index contributed by atoms with van der Waals surface area (Å²) in [6.07, 6.45) is 2.45. The summed E-state index contributed by atoms with van der Waals surface area (Å²) in [5.41, 5.74) is 2.41. The van der Waals surface area contributed by atoms with Gasteiger partial charge in [0.15, 0.2) is 0 Å². The summed E-state index contributed by atoms with van der Waals surface area (Å²) < 4.78 is 1.87. The average molecular weight is 197 g/mol. The molecule has 0 aliphatic heterocycles. The van der Waals surface area contributed by atoms with E-state index in [-0.39, 0.29) is 6.10 Å². The van der Waals surface area contributed by atoms with E-state index >= 15 is 0 Å². The highest BCUT2D eigenvalue weighted by atomic mass is 16.3. The summed E-state index contributed by atoms with van der Waals surface area (Å²) >= 11 is 0. The third-order valence-corrected chi connectivity index (χ3v) is 2.39. The maximum absolute atomic E-state index is 9.05. The van der Waals surface area contributed by atoms with E-state index in [0.717, 1.165) is 19.5 Å². The predicted molar refractivity (Wildman–Crippen MR) is 55.9 cm³/mol. The molecule has 1 aromatic rings. The molecular formula is C10H19N3O. The molecule has 0 amide bonds. The summed E-state index contributed by atoms with van der Waals surface area (Å²) in [4.78, 5) is 0. The molecule has 0 aliphatic rings. The van der Waals surface area contributed by atoms with Gasteiger partial charge in [-0.2, -0.15) is 5.10 Å². The third kappa shape index (κ3) is 3.12. The number of nitrogens with zero attached hydrogens (tertiary/aromatic N) is 2. The van der Waals surface area contributed by atoms with Crippen LogP contribution in [0.15, 0.2) is 6.20 Å². The van der Waals surface area contributed by atoms with E-state index in [1.807, 2.05) is 17.9 Å². The molecule has 0 bridgehead atoms. The minimum atomic E-state index is -0.225. The zero-order valence-electron chi connectivity index (χ0n) is 9.12. The molecular weight excluding hydrogens is 178 g/mol. The molecule has 4 heteroatoms. The highest BCUT2D eigenvalue weighted by Crippen LogP contribution is 2.04. The Hall–Kier alpha value is -0.870. The van der Waals surface area contributed by atoms with Gasteiger partial charge in [-0.1, -0.05) is 0 Å². The van der Waals surface area contributed by atoms with Crippen molar-refractivity contribution in [3.63, 3.8) is 0 Å². The summed E-state index contributed by atoms with van der Waals surface area (Å²) in [6.45, 7) is 5.52. The van der Waals surface area contributed by atoms with E-state index in [9.17, 15) is 0 Å². The summed E-state index contributed by atoms with van der Waals surface area (Å²) in [5, 5.41) is 16.5. The minimum Gasteiger partial charge on any atom is -0.393 e. The number of aryl methyl sites for hydroxylation is 1. The van der Waals surface area contributed by atoms with E-state index in [0.29, 0.717) is 0 Å². The van der Waals surface area contributed by atoms with Crippen LogP contribution in [-0.4, -0.2) is 27.5 Å². The second kappa shape index (κ2) is 5.12. The zero-order chi connectivity index (χ0) is 10.6. The molecule has 0 radical (unpaired) electrons. The van der Waals surface area contributed by atoms with Crippen LogP contribution in [0, 0.1) is 6.92 Å². The van der Waals surface area contributed by atoms with Gasteiger partial charge in [-0.3, -0.25) is 4.68 Å². The second-order valence-corrected chi connectivity index (χ2v) is 3.69. The zero-order valence-corrected chi connectivity index (χ0v) is 9.12. The lowest BCUT2D eigenvalue weighted by Gasteiger charge is -2.05. The molecule has 0 spiro atoms. The molecule has 0 saturated heterocycles. The van der Waals surface area contributed by atoms with Crippen molar-refractivity contribution in [2.24, 2.45) is 7.05 Å². The summed E-state index contributed by atoms with van der Waals surface area (Å²) in [5.74, 6) is 0. The first-order valence-corrected chi connectivity index (χ1v) is 4.97. The SMILES string of the molecule is Cc1c(CNCC[C@H](C)O)cnn1C. The van der Waals surface area contributed by atoms with Crippen molar-refractivity contribution >= 4 is 0 Å². The molecule has 0 saturated carbocycles. The molecule has 1 rings (SSSR count). The Labute approximate surface area is 84.9 Å². The first-order chi connectivity index (χ1) is 6.61. The van der Waals surface area contributed by atoms with Crippen LogP contribution < -0.4 is 5.32 Å². The van der Waals surface area contributed by atoms with Crippen LogP contribution in [-0.2, 0) is 13.6 Å². The van der Waals surface area contributed by atoms with Crippen LogP contribution in [0.5, 0.6) is 0 Å². The first kappa shape index (κ1) is 11.2. The lowest BCUT2D eigenvalue weighted by molar-refractivity contribution is 0.183. The van der Waals surface area contributed by atoms with Gasteiger partial charge in [0.05, 0.1) is 12.3 Å². The average Bonchev–Trinajstić information content (AvgIpc) is 2.43. The van der Waals surface area contributed by atoms with Gasteiger partial charge in [0.25, 0.3) is 0 Å². The highest BCUT2D eigenvalue weighted by Gasteiger charge is 2.02. The third-order valence-electron chi connectivity index (χ3n) is 2.39. The van der Waals surface area contributed by atoms with Crippen molar-refractivity contribution < 1.29 is 5.11 Å². The van der Waals surface area contributed by atoms with E-state index in [2.05, 4.69) is 17.3 Å². The number of rotatable bonds is 5. The molecule has 4 nitrogen and oxygen atoms in total. The molecule has 0 aliphatic carbocycles. The number of hydrogen-bond acceptors (Lipinski definition) is 3. The lowest BCUT2D eigenvalue weighted by atomic mass is 10.2. The Morgan fingerprint density at radius 2 is 2.36 bits per heavy atom. The van der Waals surface area contributed by atoms with E-state index in [1.54, 1.807) is 6.92 Å². The standard InChI is InChI=1S/C10H19N3O/c1-8(14)4-5-11-6-10-7-12-13(3)9(10)2/h7-8,11,14H,4-6H2,1-3H3/t8-/m0/s1. The number of aliphatic hydroxyl groups excluding tert-OH is 1. The predicted octanol–water partition coefficient (Wildman–Crippen LogP) is 0.589. The van der Waals surface area contributed by atoms with Crippen LogP contribution in [0.4, 0.5) is 0 Å².